The molecule has 2 aromatic rings. The molecule has 2 rings (SSSR count). The van der Waals surface area contributed by atoms with Gasteiger partial charge in [0, 0.05) is 19.2 Å². The third-order valence-electron chi connectivity index (χ3n) is 2.76. The second kappa shape index (κ2) is 8.12. The van der Waals surface area contributed by atoms with Crippen molar-refractivity contribution < 1.29 is 14.3 Å². The molecule has 0 saturated carbocycles. The summed E-state index contributed by atoms with van der Waals surface area (Å²) in [6, 6.07) is 11.8. The monoisotopic (exact) mass is 274 g/mol. The van der Waals surface area contributed by atoms with Crippen LogP contribution in [0.4, 0.5) is 0 Å². The lowest BCUT2D eigenvalue weighted by molar-refractivity contribution is 0.0441. The molecule has 1 aromatic carbocycles. The molecule has 1 heterocycles. The quantitative estimate of drug-likeness (QED) is 0.592. The van der Waals surface area contributed by atoms with Crippen molar-refractivity contribution >= 4 is 5.97 Å². The van der Waals surface area contributed by atoms with Gasteiger partial charge in [0.15, 0.2) is 0 Å². The number of esters is 1. The van der Waals surface area contributed by atoms with Gasteiger partial charge in [-0.05, 0) is 18.1 Å². The minimum Gasteiger partial charge on any atom is -0.461 e. The Morgan fingerprint density at radius 3 is 2.70 bits per heavy atom. The molecule has 5 heteroatoms. The lowest BCUT2D eigenvalue weighted by atomic mass is 10.2. The molecule has 0 spiro atoms. The summed E-state index contributed by atoms with van der Waals surface area (Å²) >= 11 is 0. The highest BCUT2D eigenvalue weighted by Crippen LogP contribution is 2.00. The standard InChI is InChI=1S/C15H18N2O3/c18-15(14-7-9-16-17-14)20-11-4-10-19-12-8-13-5-2-1-3-6-13/h1-3,5-7,9H,4,8,10-12H2,(H,16,17). The van der Waals surface area contributed by atoms with Crippen LogP contribution in [0.25, 0.3) is 0 Å². The Labute approximate surface area is 117 Å². The van der Waals surface area contributed by atoms with Gasteiger partial charge in [0.05, 0.1) is 13.2 Å². The maximum Gasteiger partial charge on any atom is 0.356 e. The van der Waals surface area contributed by atoms with Crippen LogP contribution >= 0.6 is 0 Å². The van der Waals surface area contributed by atoms with Gasteiger partial charge in [0.25, 0.3) is 0 Å². The van der Waals surface area contributed by atoms with Crippen molar-refractivity contribution in [3.05, 3.63) is 53.9 Å². The van der Waals surface area contributed by atoms with Gasteiger partial charge in [-0.25, -0.2) is 4.79 Å². The van der Waals surface area contributed by atoms with Crippen molar-refractivity contribution in [1.82, 2.24) is 10.2 Å². The number of aromatic nitrogens is 2. The number of carbonyl (C=O) groups is 1. The first-order valence-electron chi connectivity index (χ1n) is 6.64. The molecule has 0 bridgehead atoms. The van der Waals surface area contributed by atoms with Crippen molar-refractivity contribution in [3.63, 3.8) is 0 Å². The average Bonchev–Trinajstić information content (AvgIpc) is 3.01. The molecular weight excluding hydrogens is 256 g/mol. The molecule has 0 aliphatic rings. The molecule has 106 valence electrons. The Morgan fingerprint density at radius 2 is 1.95 bits per heavy atom. The first-order valence-corrected chi connectivity index (χ1v) is 6.64. The van der Waals surface area contributed by atoms with Crippen molar-refractivity contribution in [3.8, 4) is 0 Å². The van der Waals surface area contributed by atoms with Gasteiger partial charge < -0.3 is 9.47 Å². The van der Waals surface area contributed by atoms with Crippen molar-refractivity contribution in [1.29, 1.82) is 0 Å². The first-order chi connectivity index (χ1) is 9.86. The van der Waals surface area contributed by atoms with E-state index in [9.17, 15) is 4.79 Å². The molecule has 0 radical (unpaired) electrons. The van der Waals surface area contributed by atoms with Crippen LogP contribution in [-0.2, 0) is 15.9 Å². The summed E-state index contributed by atoms with van der Waals surface area (Å²) in [6.45, 7) is 1.62. The van der Waals surface area contributed by atoms with E-state index in [4.69, 9.17) is 9.47 Å². The van der Waals surface area contributed by atoms with Crippen molar-refractivity contribution in [2.45, 2.75) is 12.8 Å². The van der Waals surface area contributed by atoms with Gasteiger partial charge in [-0.2, -0.15) is 5.10 Å². The molecule has 0 amide bonds. The van der Waals surface area contributed by atoms with E-state index in [1.807, 2.05) is 18.2 Å². The van der Waals surface area contributed by atoms with E-state index in [2.05, 4.69) is 22.3 Å². The summed E-state index contributed by atoms with van der Waals surface area (Å²) in [4.78, 5) is 11.4. The number of H-pyrrole nitrogens is 1. The number of nitrogens with zero attached hydrogens (tertiary/aromatic N) is 1. The smallest absolute Gasteiger partial charge is 0.356 e. The normalized spacial score (nSPS) is 10.4. The summed E-state index contributed by atoms with van der Waals surface area (Å²) in [5.41, 5.74) is 1.63. The molecular formula is C15H18N2O3. The number of ether oxygens (including phenoxy) is 2. The summed E-state index contributed by atoms with van der Waals surface area (Å²) in [5, 5.41) is 6.25. The maximum atomic E-state index is 11.4. The fourth-order valence-corrected chi connectivity index (χ4v) is 1.71. The largest absolute Gasteiger partial charge is 0.461 e. The zero-order valence-electron chi connectivity index (χ0n) is 11.2. The molecule has 1 aromatic heterocycles. The van der Waals surface area contributed by atoms with Gasteiger partial charge in [0.2, 0.25) is 0 Å². The number of hydrogen-bond acceptors (Lipinski definition) is 4. The minimum atomic E-state index is -0.383. The lowest BCUT2D eigenvalue weighted by Crippen LogP contribution is -2.09. The zero-order valence-corrected chi connectivity index (χ0v) is 11.2. The first kappa shape index (κ1) is 14.3. The molecule has 0 fully saturated rings. The van der Waals surface area contributed by atoms with Crippen LogP contribution in [0, 0.1) is 0 Å². The highest BCUT2D eigenvalue weighted by atomic mass is 16.5. The van der Waals surface area contributed by atoms with Gasteiger partial charge >= 0.3 is 5.97 Å². The number of aromatic amines is 1. The van der Waals surface area contributed by atoms with E-state index in [0.717, 1.165) is 6.42 Å². The van der Waals surface area contributed by atoms with Crippen LogP contribution < -0.4 is 0 Å². The fraction of sp³-hybridized carbons (Fsp3) is 0.333. The second-order valence-corrected chi connectivity index (χ2v) is 4.31. The van der Waals surface area contributed by atoms with E-state index in [-0.39, 0.29) is 5.97 Å². The number of hydrogen-bond donors (Lipinski definition) is 1. The predicted octanol–water partition coefficient (Wildman–Crippen LogP) is 2.22. The molecule has 0 aliphatic carbocycles. The Kier molecular flexibility index (Phi) is 5.79. The van der Waals surface area contributed by atoms with Crippen LogP contribution in [0.15, 0.2) is 42.6 Å². The fourth-order valence-electron chi connectivity index (χ4n) is 1.71. The summed E-state index contributed by atoms with van der Waals surface area (Å²) in [7, 11) is 0. The maximum absolute atomic E-state index is 11.4. The topological polar surface area (TPSA) is 64.2 Å². The highest BCUT2D eigenvalue weighted by molar-refractivity contribution is 5.86. The van der Waals surface area contributed by atoms with Crippen LogP contribution in [0.5, 0.6) is 0 Å². The van der Waals surface area contributed by atoms with Crippen LogP contribution in [-0.4, -0.2) is 36.0 Å². The number of carbonyl (C=O) groups excluding carboxylic acids is 1. The molecule has 20 heavy (non-hydrogen) atoms. The molecule has 1 N–H and O–H groups in total. The van der Waals surface area contributed by atoms with Crippen LogP contribution in [0.3, 0.4) is 0 Å². The summed E-state index contributed by atoms with van der Waals surface area (Å²) in [6.07, 6.45) is 3.10. The van der Waals surface area contributed by atoms with Gasteiger partial charge in [-0.1, -0.05) is 30.3 Å². The van der Waals surface area contributed by atoms with E-state index in [1.165, 1.54) is 11.8 Å². The third-order valence-corrected chi connectivity index (χ3v) is 2.76. The number of nitrogens with one attached hydrogen (secondary N) is 1. The molecule has 0 atom stereocenters. The van der Waals surface area contributed by atoms with Crippen molar-refractivity contribution in [2.75, 3.05) is 19.8 Å². The lowest BCUT2D eigenvalue weighted by Gasteiger charge is -2.05. The van der Waals surface area contributed by atoms with Gasteiger partial charge in [-0.3, -0.25) is 5.10 Å². The zero-order chi connectivity index (χ0) is 14.0. The molecule has 0 saturated heterocycles. The SMILES string of the molecule is O=C(OCCCOCCc1ccccc1)c1ccn[nH]1. The Hall–Kier alpha value is -2.14. The van der Waals surface area contributed by atoms with E-state index in [1.54, 1.807) is 6.07 Å². The Bertz CT molecular complexity index is 497. The van der Waals surface area contributed by atoms with Gasteiger partial charge in [-0.15, -0.1) is 0 Å². The Balaban J connectivity index is 1.49. The Morgan fingerprint density at radius 1 is 1.10 bits per heavy atom. The number of rotatable bonds is 8. The molecule has 5 nitrogen and oxygen atoms in total. The van der Waals surface area contributed by atoms with Crippen LogP contribution in [0.2, 0.25) is 0 Å². The predicted molar refractivity (Wildman–Crippen MR) is 74.5 cm³/mol. The van der Waals surface area contributed by atoms with E-state index >= 15 is 0 Å². The molecule has 0 aliphatic heterocycles. The van der Waals surface area contributed by atoms with E-state index < -0.39 is 0 Å². The summed E-state index contributed by atoms with van der Waals surface area (Å²) < 4.78 is 10.6. The molecule has 0 unspecified atom stereocenters. The number of benzene rings is 1. The third kappa shape index (κ3) is 4.85. The minimum absolute atomic E-state index is 0.350. The second-order valence-electron chi connectivity index (χ2n) is 4.31. The van der Waals surface area contributed by atoms with Crippen LogP contribution in [0.1, 0.15) is 22.5 Å². The average molecular weight is 274 g/mol. The highest BCUT2D eigenvalue weighted by Gasteiger charge is 2.07. The summed E-state index contributed by atoms with van der Waals surface area (Å²) in [5.74, 6) is -0.383. The van der Waals surface area contributed by atoms with Crippen molar-refractivity contribution in [2.24, 2.45) is 0 Å². The van der Waals surface area contributed by atoms with Gasteiger partial charge in [0.1, 0.15) is 5.69 Å². The van der Waals surface area contributed by atoms with E-state index in [0.29, 0.717) is 31.9 Å².